The van der Waals surface area contributed by atoms with Gasteiger partial charge in [0.15, 0.2) is 11.7 Å². The third-order valence-corrected chi connectivity index (χ3v) is 5.45. The van der Waals surface area contributed by atoms with Crippen molar-refractivity contribution in [2.75, 3.05) is 11.9 Å². The number of hydrogen-bond donors (Lipinski definition) is 3. The van der Waals surface area contributed by atoms with Crippen LogP contribution in [0.4, 0.5) is 5.00 Å². The summed E-state index contributed by atoms with van der Waals surface area (Å²) in [6.45, 7) is 1.82. The first-order valence-electron chi connectivity index (χ1n) is 8.18. The lowest BCUT2D eigenvalue weighted by molar-refractivity contribution is -0.121. The molecule has 0 spiro atoms. The number of carbonyl (C=O) groups excluding carboxylic acids is 2. The van der Waals surface area contributed by atoms with E-state index in [1.807, 2.05) is 19.1 Å². The van der Waals surface area contributed by atoms with Gasteiger partial charge in [-0.2, -0.15) is 0 Å². The standard InChI is InChI=1S/C18H19N3O3S2/c1-10-5-7-11(8-6-10)24-9-14(22)20-18(25)21-17-15(16(19)23)12-3-2-4-13(12)26-17/h5-8H,2-4,9H2,1H3,(H2,19,23)(H2,20,21,22,25). The molecule has 2 aromatic rings. The van der Waals surface area contributed by atoms with Crippen molar-refractivity contribution >= 4 is 45.5 Å². The molecule has 0 fully saturated rings. The van der Waals surface area contributed by atoms with Gasteiger partial charge in [-0.3, -0.25) is 14.9 Å². The fraction of sp³-hybridized carbons (Fsp3) is 0.278. The zero-order valence-electron chi connectivity index (χ0n) is 14.3. The Morgan fingerprint density at radius 3 is 2.69 bits per heavy atom. The van der Waals surface area contributed by atoms with Crippen LogP contribution < -0.4 is 21.1 Å². The van der Waals surface area contributed by atoms with Crippen LogP contribution in [0, 0.1) is 6.92 Å². The van der Waals surface area contributed by atoms with Gasteiger partial charge in [-0.1, -0.05) is 17.7 Å². The highest BCUT2D eigenvalue weighted by Crippen LogP contribution is 2.38. The average molecular weight is 390 g/mol. The molecule has 0 saturated heterocycles. The summed E-state index contributed by atoms with van der Waals surface area (Å²) >= 11 is 6.63. The first-order valence-corrected chi connectivity index (χ1v) is 9.41. The minimum Gasteiger partial charge on any atom is -0.484 e. The molecular weight excluding hydrogens is 370 g/mol. The molecule has 0 bridgehead atoms. The van der Waals surface area contributed by atoms with E-state index >= 15 is 0 Å². The third-order valence-electron chi connectivity index (χ3n) is 4.04. The molecule has 1 aromatic heterocycles. The number of ether oxygens (including phenoxy) is 1. The quantitative estimate of drug-likeness (QED) is 0.684. The number of carbonyl (C=O) groups is 2. The maximum atomic E-state index is 12.0. The van der Waals surface area contributed by atoms with Crippen LogP contribution in [0.15, 0.2) is 24.3 Å². The summed E-state index contributed by atoms with van der Waals surface area (Å²) in [6.07, 6.45) is 2.81. The molecule has 26 heavy (non-hydrogen) atoms. The highest BCUT2D eigenvalue weighted by Gasteiger charge is 2.25. The molecule has 0 aliphatic heterocycles. The Kier molecular flexibility index (Phi) is 5.53. The number of thiocarbonyl (C=S) groups is 1. The van der Waals surface area contributed by atoms with Gasteiger partial charge in [-0.15, -0.1) is 11.3 Å². The number of amides is 2. The summed E-state index contributed by atoms with van der Waals surface area (Å²) in [5.74, 6) is -0.258. The first-order chi connectivity index (χ1) is 12.4. The van der Waals surface area contributed by atoms with Gasteiger partial charge >= 0.3 is 0 Å². The predicted molar refractivity (Wildman–Crippen MR) is 106 cm³/mol. The highest BCUT2D eigenvalue weighted by atomic mass is 32.1. The highest BCUT2D eigenvalue weighted by molar-refractivity contribution is 7.80. The van der Waals surface area contributed by atoms with Gasteiger partial charge < -0.3 is 15.8 Å². The van der Waals surface area contributed by atoms with Crippen LogP contribution in [0.25, 0.3) is 0 Å². The van der Waals surface area contributed by atoms with Crippen LogP contribution in [-0.2, 0) is 17.6 Å². The molecule has 0 unspecified atom stereocenters. The molecule has 0 atom stereocenters. The molecule has 3 rings (SSSR count). The first kappa shape index (κ1) is 18.3. The summed E-state index contributed by atoms with van der Waals surface area (Å²) in [5.41, 5.74) is 8.10. The average Bonchev–Trinajstić information content (AvgIpc) is 3.14. The number of primary amides is 1. The van der Waals surface area contributed by atoms with Crippen molar-refractivity contribution in [1.29, 1.82) is 0 Å². The largest absolute Gasteiger partial charge is 0.484 e. The van der Waals surface area contributed by atoms with Gasteiger partial charge in [0, 0.05) is 4.88 Å². The Labute approximate surface area is 160 Å². The molecule has 0 saturated carbocycles. The second kappa shape index (κ2) is 7.84. The van der Waals surface area contributed by atoms with E-state index in [1.165, 1.54) is 11.3 Å². The van der Waals surface area contributed by atoms with Crippen LogP contribution in [0.5, 0.6) is 5.75 Å². The minimum absolute atomic E-state index is 0.116. The lowest BCUT2D eigenvalue weighted by Crippen LogP contribution is -2.37. The fourth-order valence-corrected chi connectivity index (χ4v) is 4.41. The number of benzene rings is 1. The van der Waals surface area contributed by atoms with E-state index < -0.39 is 5.91 Å². The Balaban J connectivity index is 1.56. The summed E-state index contributed by atoms with van der Waals surface area (Å²) in [6, 6.07) is 7.40. The van der Waals surface area contributed by atoms with Crippen molar-refractivity contribution in [3.05, 3.63) is 45.8 Å². The van der Waals surface area contributed by atoms with Gasteiger partial charge in [-0.25, -0.2) is 0 Å². The lowest BCUT2D eigenvalue weighted by atomic mass is 10.1. The van der Waals surface area contributed by atoms with Crippen molar-refractivity contribution < 1.29 is 14.3 Å². The van der Waals surface area contributed by atoms with Crippen molar-refractivity contribution in [2.24, 2.45) is 5.73 Å². The Bertz CT molecular complexity index is 859. The molecule has 136 valence electrons. The monoisotopic (exact) mass is 389 g/mol. The van der Waals surface area contributed by atoms with E-state index in [9.17, 15) is 9.59 Å². The summed E-state index contributed by atoms with van der Waals surface area (Å²) in [7, 11) is 0. The number of fused-ring (bicyclic) bond motifs is 1. The van der Waals surface area contributed by atoms with Gasteiger partial charge in [0.1, 0.15) is 10.8 Å². The van der Waals surface area contributed by atoms with E-state index in [4.69, 9.17) is 22.7 Å². The number of anilines is 1. The van der Waals surface area contributed by atoms with E-state index in [2.05, 4.69) is 10.6 Å². The number of nitrogens with two attached hydrogens (primary N) is 1. The van der Waals surface area contributed by atoms with E-state index in [0.29, 0.717) is 16.3 Å². The number of nitrogens with one attached hydrogen (secondary N) is 2. The zero-order valence-corrected chi connectivity index (χ0v) is 15.9. The number of rotatable bonds is 5. The van der Waals surface area contributed by atoms with Crippen molar-refractivity contribution in [1.82, 2.24) is 5.32 Å². The van der Waals surface area contributed by atoms with Gasteiger partial charge in [0.25, 0.3) is 11.8 Å². The number of thiophene rings is 1. The van der Waals surface area contributed by atoms with Gasteiger partial charge in [0.2, 0.25) is 0 Å². The van der Waals surface area contributed by atoms with Crippen LogP contribution >= 0.6 is 23.6 Å². The van der Waals surface area contributed by atoms with Crippen molar-refractivity contribution in [2.45, 2.75) is 26.2 Å². The Hall–Kier alpha value is -2.45. The summed E-state index contributed by atoms with van der Waals surface area (Å²) in [4.78, 5) is 24.9. The zero-order chi connectivity index (χ0) is 18.7. The fourth-order valence-electron chi connectivity index (χ4n) is 2.83. The molecule has 2 amide bonds. The predicted octanol–water partition coefficient (Wildman–Crippen LogP) is 2.54. The molecular formula is C18H19N3O3S2. The molecule has 8 heteroatoms. The molecule has 1 aliphatic rings. The number of hydrogen-bond acceptors (Lipinski definition) is 5. The minimum atomic E-state index is -0.483. The smallest absolute Gasteiger partial charge is 0.264 e. The second-order valence-corrected chi connectivity index (χ2v) is 7.54. The lowest BCUT2D eigenvalue weighted by Gasteiger charge is -2.10. The van der Waals surface area contributed by atoms with Crippen LogP contribution in [-0.4, -0.2) is 23.5 Å². The molecule has 1 aromatic carbocycles. The van der Waals surface area contributed by atoms with E-state index in [1.54, 1.807) is 12.1 Å². The van der Waals surface area contributed by atoms with Crippen LogP contribution in [0.1, 0.15) is 32.8 Å². The Morgan fingerprint density at radius 2 is 2.00 bits per heavy atom. The maximum absolute atomic E-state index is 12.0. The molecule has 1 aliphatic carbocycles. The Morgan fingerprint density at radius 1 is 1.27 bits per heavy atom. The maximum Gasteiger partial charge on any atom is 0.264 e. The van der Waals surface area contributed by atoms with Crippen LogP contribution in [0.3, 0.4) is 0 Å². The topological polar surface area (TPSA) is 93.4 Å². The molecule has 6 nitrogen and oxygen atoms in total. The third kappa shape index (κ3) is 4.20. The second-order valence-electron chi connectivity index (χ2n) is 6.03. The van der Waals surface area contributed by atoms with Gasteiger partial charge in [-0.05, 0) is 56.1 Å². The number of aryl methyl sites for hydroxylation is 2. The van der Waals surface area contributed by atoms with Crippen molar-refractivity contribution in [3.63, 3.8) is 0 Å². The summed E-state index contributed by atoms with van der Waals surface area (Å²) in [5, 5.41) is 6.18. The SMILES string of the molecule is Cc1ccc(OCC(=O)NC(=S)Nc2sc3c(c2C(N)=O)CCC3)cc1. The van der Waals surface area contributed by atoms with Crippen LogP contribution in [0.2, 0.25) is 0 Å². The van der Waals surface area contributed by atoms with Crippen molar-refractivity contribution in [3.8, 4) is 5.75 Å². The van der Waals surface area contributed by atoms with Gasteiger partial charge in [0.05, 0.1) is 5.56 Å². The normalized spacial score (nSPS) is 12.3. The van der Waals surface area contributed by atoms with E-state index in [-0.39, 0.29) is 17.6 Å². The molecule has 4 N–H and O–H groups in total. The summed E-state index contributed by atoms with van der Waals surface area (Å²) < 4.78 is 5.41. The van der Waals surface area contributed by atoms with E-state index in [0.717, 1.165) is 35.3 Å². The molecule has 0 radical (unpaired) electrons. The molecule has 1 heterocycles.